The Morgan fingerprint density at radius 1 is 1.17 bits per heavy atom. The molecule has 0 spiro atoms. The highest BCUT2D eigenvalue weighted by molar-refractivity contribution is 5.92. The molecule has 0 radical (unpaired) electrons. The molecule has 3 heterocycles. The first-order valence-corrected chi connectivity index (χ1v) is 9.41. The number of piperidine rings is 1. The van der Waals surface area contributed by atoms with Crippen molar-refractivity contribution in [3.8, 4) is 0 Å². The number of carboxylic acids is 1. The van der Waals surface area contributed by atoms with Gasteiger partial charge in [0.05, 0.1) is 5.56 Å². The van der Waals surface area contributed by atoms with Crippen LogP contribution in [0.15, 0.2) is 18.3 Å². The van der Waals surface area contributed by atoms with Gasteiger partial charge in [-0.2, -0.15) is 13.2 Å². The van der Waals surface area contributed by atoms with Gasteiger partial charge < -0.3 is 21.1 Å². The molecule has 0 aliphatic carbocycles. The minimum absolute atomic E-state index is 0.425. The molecule has 2 saturated heterocycles. The smallest absolute Gasteiger partial charge is 0.475 e. The number of carbonyl (C=O) groups excluding carboxylic acids is 1. The van der Waals surface area contributed by atoms with E-state index in [4.69, 9.17) is 15.6 Å². The molecule has 3 rings (SSSR count). The third-order valence-corrected chi connectivity index (χ3v) is 4.95. The van der Waals surface area contributed by atoms with E-state index in [2.05, 4.69) is 20.1 Å². The zero-order valence-corrected chi connectivity index (χ0v) is 16.0. The van der Waals surface area contributed by atoms with E-state index < -0.39 is 18.1 Å². The van der Waals surface area contributed by atoms with Gasteiger partial charge >= 0.3 is 12.1 Å². The van der Waals surface area contributed by atoms with E-state index in [1.165, 1.54) is 32.5 Å². The van der Waals surface area contributed by atoms with Crippen LogP contribution in [-0.2, 0) is 4.79 Å². The number of carbonyl (C=O) groups is 2. The largest absolute Gasteiger partial charge is 0.490 e. The van der Waals surface area contributed by atoms with Crippen LogP contribution in [0.2, 0.25) is 0 Å². The molecule has 11 heteroatoms. The van der Waals surface area contributed by atoms with Crippen LogP contribution in [0.1, 0.15) is 23.2 Å². The second kappa shape index (κ2) is 10.4. The third-order valence-electron chi connectivity index (χ3n) is 4.95. The minimum atomic E-state index is -5.08. The van der Waals surface area contributed by atoms with Crippen LogP contribution in [0.3, 0.4) is 0 Å². The van der Waals surface area contributed by atoms with Gasteiger partial charge in [-0.25, -0.2) is 9.78 Å². The first-order valence-electron chi connectivity index (χ1n) is 9.41. The zero-order valence-electron chi connectivity index (χ0n) is 16.0. The van der Waals surface area contributed by atoms with Gasteiger partial charge in [-0.15, -0.1) is 0 Å². The molecule has 162 valence electrons. The number of nitrogens with one attached hydrogen (secondary N) is 1. The number of hydrogen-bond acceptors (Lipinski definition) is 6. The van der Waals surface area contributed by atoms with Crippen LogP contribution in [0.4, 0.5) is 19.0 Å². The number of anilines is 1. The van der Waals surface area contributed by atoms with Crippen molar-refractivity contribution in [1.29, 1.82) is 0 Å². The molecule has 4 N–H and O–H groups in total. The number of aromatic nitrogens is 1. The van der Waals surface area contributed by atoms with Crippen molar-refractivity contribution in [3.05, 3.63) is 23.9 Å². The Labute approximate surface area is 166 Å². The van der Waals surface area contributed by atoms with Crippen LogP contribution in [0.25, 0.3) is 0 Å². The topological polar surface area (TPSA) is 112 Å². The maximum absolute atomic E-state index is 11.1. The first kappa shape index (κ1) is 22.9. The fourth-order valence-electron chi connectivity index (χ4n) is 3.31. The molecule has 2 fully saturated rings. The van der Waals surface area contributed by atoms with E-state index in [0.717, 1.165) is 37.9 Å². The molecule has 8 nitrogen and oxygen atoms in total. The van der Waals surface area contributed by atoms with Gasteiger partial charge in [0, 0.05) is 38.9 Å². The Morgan fingerprint density at radius 2 is 1.76 bits per heavy atom. The summed E-state index contributed by atoms with van der Waals surface area (Å²) in [6.07, 6.45) is -0.911. The van der Waals surface area contributed by atoms with Gasteiger partial charge in [0.25, 0.3) is 0 Å². The molecule has 1 amide bonds. The highest BCUT2D eigenvalue weighted by atomic mass is 19.4. The van der Waals surface area contributed by atoms with E-state index in [1.807, 2.05) is 6.07 Å². The van der Waals surface area contributed by atoms with Gasteiger partial charge in [0.1, 0.15) is 5.82 Å². The van der Waals surface area contributed by atoms with Crippen molar-refractivity contribution in [2.24, 2.45) is 11.7 Å². The molecule has 0 saturated carbocycles. The van der Waals surface area contributed by atoms with Crippen molar-refractivity contribution in [1.82, 2.24) is 15.2 Å². The quantitative estimate of drug-likeness (QED) is 0.668. The van der Waals surface area contributed by atoms with Crippen molar-refractivity contribution < 1.29 is 27.9 Å². The molecule has 1 aromatic heterocycles. The van der Waals surface area contributed by atoms with Gasteiger partial charge in [-0.05, 0) is 44.0 Å². The van der Waals surface area contributed by atoms with Crippen molar-refractivity contribution in [2.45, 2.75) is 19.0 Å². The average molecular weight is 417 g/mol. The van der Waals surface area contributed by atoms with Crippen molar-refractivity contribution in [2.75, 3.05) is 50.7 Å². The lowest BCUT2D eigenvalue weighted by atomic mass is 9.97. The lowest BCUT2D eigenvalue weighted by molar-refractivity contribution is -0.192. The van der Waals surface area contributed by atoms with Crippen LogP contribution in [0, 0.1) is 5.92 Å². The molecule has 0 unspecified atom stereocenters. The molecule has 0 bridgehead atoms. The lowest BCUT2D eigenvalue weighted by Crippen LogP contribution is -2.48. The van der Waals surface area contributed by atoms with E-state index in [1.54, 1.807) is 12.3 Å². The van der Waals surface area contributed by atoms with Gasteiger partial charge in [-0.3, -0.25) is 9.69 Å². The Balaban J connectivity index is 0.000000370. The normalized spacial score (nSPS) is 18.7. The Bertz CT molecular complexity index is 670. The summed E-state index contributed by atoms with van der Waals surface area (Å²) in [6, 6.07) is 3.65. The van der Waals surface area contributed by atoms with Crippen molar-refractivity contribution in [3.63, 3.8) is 0 Å². The Morgan fingerprint density at radius 3 is 2.21 bits per heavy atom. The summed E-state index contributed by atoms with van der Waals surface area (Å²) in [5, 5.41) is 10.6. The van der Waals surface area contributed by atoms with E-state index in [0.29, 0.717) is 5.56 Å². The second-order valence-electron chi connectivity index (χ2n) is 7.05. The maximum Gasteiger partial charge on any atom is 0.490 e. The fraction of sp³-hybridized carbons (Fsp3) is 0.611. The van der Waals surface area contributed by atoms with Crippen molar-refractivity contribution >= 4 is 17.7 Å². The number of hydrogen-bond donors (Lipinski definition) is 3. The minimum Gasteiger partial charge on any atom is -0.475 e. The number of carboxylic acid groups (broad SMARTS) is 1. The summed E-state index contributed by atoms with van der Waals surface area (Å²) in [7, 11) is 0. The van der Waals surface area contributed by atoms with E-state index in [-0.39, 0.29) is 0 Å². The number of nitrogens with two attached hydrogens (primary N) is 1. The molecule has 2 aliphatic heterocycles. The summed E-state index contributed by atoms with van der Waals surface area (Å²) in [4.78, 5) is 29.2. The molecular formula is C18H26F3N5O3. The number of primary amides is 1. The fourth-order valence-corrected chi connectivity index (χ4v) is 3.31. The highest BCUT2D eigenvalue weighted by Gasteiger charge is 2.38. The van der Waals surface area contributed by atoms with Gasteiger partial charge in [0.15, 0.2) is 0 Å². The predicted molar refractivity (Wildman–Crippen MR) is 101 cm³/mol. The molecule has 0 aromatic carbocycles. The molecule has 0 atom stereocenters. The van der Waals surface area contributed by atoms with Crippen LogP contribution in [0.5, 0.6) is 0 Å². The molecule has 1 aromatic rings. The molecule has 2 aliphatic rings. The number of halogens is 3. The average Bonchev–Trinajstić information content (AvgIpc) is 2.69. The first-order chi connectivity index (χ1) is 13.7. The summed E-state index contributed by atoms with van der Waals surface area (Å²) in [5.74, 6) is -1.40. The van der Waals surface area contributed by atoms with E-state index in [9.17, 15) is 18.0 Å². The maximum atomic E-state index is 11.1. The number of amides is 1. The monoisotopic (exact) mass is 417 g/mol. The number of rotatable bonds is 4. The number of piperazine rings is 1. The Kier molecular flexibility index (Phi) is 8.21. The number of aliphatic carboxylic acids is 1. The summed E-state index contributed by atoms with van der Waals surface area (Å²) in [6.45, 7) is 7.72. The number of alkyl halides is 3. The predicted octanol–water partition coefficient (Wildman–Crippen LogP) is 0.935. The molecule has 29 heavy (non-hydrogen) atoms. The van der Waals surface area contributed by atoms with E-state index >= 15 is 0 Å². The highest BCUT2D eigenvalue weighted by Crippen LogP contribution is 2.17. The second-order valence-corrected chi connectivity index (χ2v) is 7.05. The number of pyridine rings is 1. The summed E-state index contributed by atoms with van der Waals surface area (Å²) < 4.78 is 31.7. The Hall–Kier alpha value is -2.40. The van der Waals surface area contributed by atoms with Gasteiger partial charge in [-0.1, -0.05) is 0 Å². The lowest BCUT2D eigenvalue weighted by Gasteiger charge is -2.37. The van der Waals surface area contributed by atoms with Crippen LogP contribution < -0.4 is 16.0 Å². The third kappa shape index (κ3) is 7.50. The zero-order chi connectivity index (χ0) is 21.4. The standard InChI is InChI=1S/C16H25N5O.C2HF3O2/c17-16(22)14-1-2-15(19-11-14)21-9-7-20(8-10-21)12-13-3-5-18-6-4-13;3-2(4,5)1(6)7/h1-2,11,13,18H,3-10,12H2,(H2,17,22);(H,6,7). The number of nitrogens with zero attached hydrogens (tertiary/aromatic N) is 3. The van der Waals surface area contributed by atoms with Gasteiger partial charge in [0.2, 0.25) is 5.91 Å². The summed E-state index contributed by atoms with van der Waals surface area (Å²) >= 11 is 0. The van der Waals surface area contributed by atoms with Crippen LogP contribution >= 0.6 is 0 Å². The SMILES string of the molecule is NC(=O)c1ccc(N2CCN(CC3CCNCC3)CC2)nc1.O=C(O)C(F)(F)F. The van der Waals surface area contributed by atoms with Crippen LogP contribution in [-0.4, -0.2) is 78.9 Å². The molecular weight excluding hydrogens is 391 g/mol. The summed E-state index contributed by atoms with van der Waals surface area (Å²) in [5.41, 5.74) is 5.71.